The lowest BCUT2D eigenvalue weighted by atomic mass is 9.77. The number of aromatic nitrogens is 2. The average molecular weight is 384 g/mol. The third kappa shape index (κ3) is 4.10. The molecule has 1 aromatic carbocycles. The summed E-state index contributed by atoms with van der Waals surface area (Å²) in [4.78, 5) is 16.0. The number of hydrogen-bond acceptors (Lipinski definition) is 4. The van der Waals surface area contributed by atoms with Crippen LogP contribution in [0.5, 0.6) is 5.75 Å². The van der Waals surface area contributed by atoms with Gasteiger partial charge in [-0.3, -0.25) is 4.57 Å². The van der Waals surface area contributed by atoms with Crippen molar-refractivity contribution in [3.63, 3.8) is 0 Å². The van der Waals surface area contributed by atoms with Gasteiger partial charge in [0.2, 0.25) is 0 Å². The Bertz CT molecular complexity index is 895. The number of halogens is 3. The summed E-state index contributed by atoms with van der Waals surface area (Å²) in [7, 11) is 0. The van der Waals surface area contributed by atoms with Gasteiger partial charge in [0.15, 0.2) is 0 Å². The van der Waals surface area contributed by atoms with E-state index >= 15 is 0 Å². The molecular formula is C19H23F3N2O3. The molecule has 5 nitrogen and oxygen atoms in total. The first-order valence-corrected chi connectivity index (χ1v) is 8.95. The van der Waals surface area contributed by atoms with Crippen molar-refractivity contribution in [3.8, 4) is 5.75 Å². The first-order valence-electron chi connectivity index (χ1n) is 8.95. The summed E-state index contributed by atoms with van der Waals surface area (Å²) in [6.07, 6.45) is -2.38. The lowest BCUT2D eigenvalue weighted by molar-refractivity contribution is -0.136. The van der Waals surface area contributed by atoms with E-state index in [0.717, 1.165) is 16.8 Å². The normalized spacial score (nSPS) is 22.9. The van der Waals surface area contributed by atoms with E-state index in [1.807, 2.05) is 13.8 Å². The molecule has 0 atom stereocenters. The minimum Gasteiger partial charge on any atom is -0.494 e. The molecule has 2 aromatic rings. The number of nitrogens with zero attached hydrogens (tertiary/aromatic N) is 2. The maximum absolute atomic E-state index is 13.8. The fraction of sp³-hybridized carbons (Fsp3) is 0.579. The quantitative estimate of drug-likeness (QED) is 0.849. The Balaban J connectivity index is 2.11. The van der Waals surface area contributed by atoms with Crippen LogP contribution < -0.4 is 10.4 Å². The Morgan fingerprint density at radius 2 is 2.04 bits per heavy atom. The van der Waals surface area contributed by atoms with E-state index < -0.39 is 29.1 Å². The Hall–Kier alpha value is -2.09. The van der Waals surface area contributed by atoms with Gasteiger partial charge in [-0.2, -0.15) is 13.2 Å². The summed E-state index contributed by atoms with van der Waals surface area (Å²) in [5.74, 6) is 0.467. The second-order valence-electron chi connectivity index (χ2n) is 7.91. The molecule has 0 amide bonds. The molecule has 148 valence electrons. The standard InChI is InChI=1S/C19H23F3N2O3/c1-11(2)4-5-27-14-6-12-10-23-17(25)24(13-8-18(3,26)9-13)16(12)15(7-14)19(20,21)22/h6-7,10-11,13,26H,4-5,8-9H2,1-3H3/t13-,18-. The topological polar surface area (TPSA) is 64.3 Å². The van der Waals surface area contributed by atoms with Gasteiger partial charge in [0.1, 0.15) is 5.75 Å². The molecule has 1 heterocycles. The molecule has 1 aliphatic carbocycles. The van der Waals surface area contributed by atoms with E-state index in [0.29, 0.717) is 18.9 Å². The van der Waals surface area contributed by atoms with Crippen molar-refractivity contribution in [1.29, 1.82) is 0 Å². The average Bonchev–Trinajstić information content (AvgIpc) is 2.51. The maximum atomic E-state index is 13.8. The molecule has 0 unspecified atom stereocenters. The van der Waals surface area contributed by atoms with Crippen LogP contribution in [0.1, 0.15) is 51.6 Å². The van der Waals surface area contributed by atoms with E-state index in [9.17, 15) is 23.1 Å². The molecule has 8 heteroatoms. The Morgan fingerprint density at radius 1 is 1.37 bits per heavy atom. The summed E-state index contributed by atoms with van der Waals surface area (Å²) in [5.41, 5.74) is -2.86. The van der Waals surface area contributed by atoms with Crippen molar-refractivity contribution in [2.75, 3.05) is 6.61 Å². The highest BCUT2D eigenvalue weighted by Crippen LogP contribution is 2.44. The first kappa shape index (κ1) is 19.7. The van der Waals surface area contributed by atoms with Crippen LogP contribution in [0.15, 0.2) is 23.1 Å². The largest absolute Gasteiger partial charge is 0.494 e. The lowest BCUT2D eigenvalue weighted by Crippen LogP contribution is -2.45. The molecule has 0 spiro atoms. The highest BCUT2D eigenvalue weighted by Gasteiger charge is 2.42. The molecule has 0 aliphatic heterocycles. The van der Waals surface area contributed by atoms with Gasteiger partial charge in [-0.15, -0.1) is 0 Å². The van der Waals surface area contributed by atoms with Crippen LogP contribution in [0.25, 0.3) is 10.9 Å². The molecule has 1 saturated carbocycles. The third-order valence-corrected chi connectivity index (χ3v) is 4.86. The number of ether oxygens (including phenoxy) is 1. The summed E-state index contributed by atoms with van der Waals surface area (Å²) in [6, 6.07) is 1.90. The molecule has 27 heavy (non-hydrogen) atoms. The summed E-state index contributed by atoms with van der Waals surface area (Å²) >= 11 is 0. The SMILES string of the molecule is CC(C)CCOc1cc(C(F)(F)F)c2c(cnc(=O)n2[C@H]2C[C@](C)(O)C2)c1. The molecule has 0 radical (unpaired) electrons. The highest BCUT2D eigenvalue weighted by atomic mass is 19.4. The minimum atomic E-state index is -4.66. The van der Waals surface area contributed by atoms with Crippen molar-refractivity contribution in [1.82, 2.24) is 9.55 Å². The minimum absolute atomic E-state index is 0.100. The Morgan fingerprint density at radius 3 is 2.59 bits per heavy atom. The van der Waals surface area contributed by atoms with Crippen molar-refractivity contribution in [3.05, 3.63) is 34.4 Å². The molecule has 3 rings (SSSR count). The fourth-order valence-electron chi connectivity index (χ4n) is 3.47. The van der Waals surface area contributed by atoms with Gasteiger partial charge in [-0.25, -0.2) is 9.78 Å². The number of rotatable bonds is 5. The number of hydrogen-bond donors (Lipinski definition) is 1. The zero-order valence-electron chi connectivity index (χ0n) is 15.5. The number of fused-ring (bicyclic) bond motifs is 1. The maximum Gasteiger partial charge on any atom is 0.418 e. The van der Waals surface area contributed by atoms with Crippen LogP contribution in [-0.2, 0) is 6.18 Å². The van der Waals surface area contributed by atoms with Crippen molar-refractivity contribution < 1.29 is 23.0 Å². The predicted molar refractivity (Wildman–Crippen MR) is 94.8 cm³/mol. The van der Waals surface area contributed by atoms with Gasteiger partial charge in [-0.05, 0) is 44.2 Å². The summed E-state index contributed by atoms with van der Waals surface area (Å²) in [6.45, 7) is 5.90. The van der Waals surface area contributed by atoms with Crippen LogP contribution in [-0.4, -0.2) is 26.9 Å². The van der Waals surface area contributed by atoms with Gasteiger partial charge in [-0.1, -0.05) is 13.8 Å². The van der Waals surface area contributed by atoms with E-state index in [2.05, 4.69) is 4.98 Å². The lowest BCUT2D eigenvalue weighted by Gasteiger charge is -2.42. The van der Waals surface area contributed by atoms with Gasteiger partial charge in [0.05, 0.1) is 23.3 Å². The van der Waals surface area contributed by atoms with Crippen LogP contribution in [0.4, 0.5) is 13.2 Å². The van der Waals surface area contributed by atoms with Gasteiger partial charge in [0, 0.05) is 17.6 Å². The predicted octanol–water partition coefficient (Wildman–Crippen LogP) is 3.93. The second-order valence-corrected chi connectivity index (χ2v) is 7.91. The molecule has 1 fully saturated rings. The van der Waals surface area contributed by atoms with Crippen molar-refractivity contribution in [2.45, 2.75) is 57.9 Å². The van der Waals surface area contributed by atoms with Crippen LogP contribution >= 0.6 is 0 Å². The van der Waals surface area contributed by atoms with E-state index in [4.69, 9.17) is 4.74 Å². The zero-order valence-corrected chi connectivity index (χ0v) is 15.5. The summed E-state index contributed by atoms with van der Waals surface area (Å²) in [5, 5.41) is 10.1. The molecule has 1 N–H and O–H groups in total. The smallest absolute Gasteiger partial charge is 0.418 e. The van der Waals surface area contributed by atoms with E-state index in [1.54, 1.807) is 6.92 Å². The van der Waals surface area contributed by atoms with Crippen LogP contribution in [0.3, 0.4) is 0 Å². The second kappa shape index (κ2) is 6.82. The third-order valence-electron chi connectivity index (χ3n) is 4.86. The first-order chi connectivity index (χ1) is 12.5. The van der Waals surface area contributed by atoms with Crippen molar-refractivity contribution >= 4 is 10.9 Å². The van der Waals surface area contributed by atoms with Crippen molar-refractivity contribution in [2.24, 2.45) is 5.92 Å². The molecular weight excluding hydrogens is 361 g/mol. The van der Waals surface area contributed by atoms with E-state index in [-0.39, 0.29) is 29.5 Å². The molecule has 0 saturated heterocycles. The number of alkyl halides is 3. The highest BCUT2D eigenvalue weighted by molar-refractivity contribution is 5.84. The van der Waals surface area contributed by atoms with Gasteiger partial charge in [0.25, 0.3) is 0 Å². The van der Waals surface area contributed by atoms with Gasteiger partial charge < -0.3 is 9.84 Å². The van der Waals surface area contributed by atoms with Gasteiger partial charge >= 0.3 is 11.9 Å². The monoisotopic (exact) mass is 384 g/mol. The fourth-order valence-corrected chi connectivity index (χ4v) is 3.47. The van der Waals surface area contributed by atoms with Crippen LogP contribution in [0.2, 0.25) is 0 Å². The Labute approximate surface area is 154 Å². The molecule has 0 bridgehead atoms. The number of benzene rings is 1. The molecule has 1 aliphatic rings. The van der Waals surface area contributed by atoms with Crippen LogP contribution in [0, 0.1) is 5.92 Å². The number of aliphatic hydroxyl groups is 1. The van der Waals surface area contributed by atoms with E-state index in [1.165, 1.54) is 6.07 Å². The molecule has 1 aromatic heterocycles. The Kier molecular flexibility index (Phi) is 4.96. The summed E-state index contributed by atoms with van der Waals surface area (Å²) < 4.78 is 47.8. The zero-order chi connectivity index (χ0) is 20.0.